The average Bonchev–Trinajstić information content (AvgIpc) is 3.64. The first-order chi connectivity index (χ1) is 17.4. The summed E-state index contributed by atoms with van der Waals surface area (Å²) in [6, 6.07) is 14.1. The third kappa shape index (κ3) is 4.95. The van der Waals surface area contributed by atoms with Crippen molar-refractivity contribution in [2.24, 2.45) is 0 Å². The minimum absolute atomic E-state index is 0.0593. The van der Waals surface area contributed by atoms with Crippen molar-refractivity contribution >= 4 is 35.0 Å². The Hall–Kier alpha value is -3.03. The number of aromatic nitrogens is 2. The van der Waals surface area contributed by atoms with E-state index >= 15 is 0 Å². The lowest BCUT2D eigenvalue weighted by molar-refractivity contribution is -0.143. The molecule has 2 aromatic carbocycles. The molecule has 0 aliphatic carbocycles. The number of carbonyl (C=O) groups excluding carboxylic acids is 2. The van der Waals surface area contributed by atoms with Crippen LogP contribution in [-0.2, 0) is 16.1 Å². The topological polar surface area (TPSA) is 78.4 Å². The molecule has 5 rings (SSSR count). The van der Waals surface area contributed by atoms with E-state index in [9.17, 15) is 14.4 Å². The van der Waals surface area contributed by atoms with Crippen LogP contribution >= 0.6 is 23.2 Å². The van der Waals surface area contributed by atoms with Gasteiger partial charge in [-0.15, -0.1) is 0 Å². The molecule has 0 unspecified atom stereocenters. The van der Waals surface area contributed by atoms with Crippen LogP contribution in [0.2, 0.25) is 10.0 Å². The second-order valence-corrected chi connectivity index (χ2v) is 10.2. The molecule has 0 bridgehead atoms. The Labute approximate surface area is 219 Å². The maximum Gasteiger partial charge on any atom is 0.326 e. The largest absolute Gasteiger partial charge is 0.341 e. The number of aromatic amines is 1. The maximum atomic E-state index is 13.3. The number of imidazole rings is 1. The molecule has 0 radical (unpaired) electrons. The number of halogens is 2. The zero-order valence-electron chi connectivity index (χ0n) is 19.9. The van der Waals surface area contributed by atoms with Crippen molar-refractivity contribution in [2.75, 3.05) is 19.6 Å². The SMILES string of the molecule is O=C([C@@H]1CCCN1C(=O)CCn1c(-c2ccc(Cl)cc2)c(-c2ccc(Cl)cc2)[nH]c1=O)N1CCCC1. The molecule has 36 heavy (non-hydrogen) atoms. The zero-order chi connectivity index (χ0) is 25.2. The summed E-state index contributed by atoms with van der Waals surface area (Å²) in [7, 11) is 0. The smallest absolute Gasteiger partial charge is 0.326 e. The van der Waals surface area contributed by atoms with Gasteiger partial charge in [-0.3, -0.25) is 14.2 Å². The number of hydrogen-bond donors (Lipinski definition) is 1. The Morgan fingerprint density at radius 3 is 2.11 bits per heavy atom. The normalized spacial score (nSPS) is 17.7. The second-order valence-electron chi connectivity index (χ2n) is 9.35. The van der Waals surface area contributed by atoms with Crippen LogP contribution < -0.4 is 5.69 Å². The summed E-state index contributed by atoms with van der Waals surface area (Å²) in [5.41, 5.74) is 2.64. The van der Waals surface area contributed by atoms with E-state index in [2.05, 4.69) is 4.98 Å². The number of likely N-dealkylation sites (tertiary alicyclic amines) is 2. The molecular weight excluding hydrogens is 499 g/mol. The van der Waals surface area contributed by atoms with Gasteiger partial charge in [-0.1, -0.05) is 47.5 Å². The molecule has 1 N–H and O–H groups in total. The molecule has 0 spiro atoms. The molecule has 0 saturated carbocycles. The van der Waals surface area contributed by atoms with Crippen molar-refractivity contribution < 1.29 is 9.59 Å². The highest BCUT2D eigenvalue weighted by molar-refractivity contribution is 6.31. The highest BCUT2D eigenvalue weighted by atomic mass is 35.5. The van der Waals surface area contributed by atoms with E-state index in [4.69, 9.17) is 23.2 Å². The number of carbonyl (C=O) groups is 2. The molecular formula is C27H28Cl2N4O3. The minimum atomic E-state index is -0.390. The first-order valence-electron chi connectivity index (χ1n) is 12.4. The molecule has 7 nitrogen and oxygen atoms in total. The van der Waals surface area contributed by atoms with Crippen molar-refractivity contribution in [2.45, 2.75) is 44.7 Å². The number of H-pyrrole nitrogens is 1. The van der Waals surface area contributed by atoms with Crippen molar-refractivity contribution in [3.05, 3.63) is 69.1 Å². The lowest BCUT2D eigenvalue weighted by Gasteiger charge is -2.28. The minimum Gasteiger partial charge on any atom is -0.341 e. The summed E-state index contributed by atoms with van der Waals surface area (Å²) >= 11 is 12.2. The summed E-state index contributed by atoms with van der Waals surface area (Å²) in [4.78, 5) is 45.9. The van der Waals surface area contributed by atoms with E-state index in [1.165, 1.54) is 0 Å². The number of benzene rings is 2. The summed E-state index contributed by atoms with van der Waals surface area (Å²) in [6.07, 6.45) is 3.68. The number of rotatable bonds is 6. The van der Waals surface area contributed by atoms with E-state index in [1.54, 1.807) is 33.7 Å². The molecule has 3 aromatic rings. The molecule has 1 atom stereocenters. The van der Waals surface area contributed by atoms with Gasteiger partial charge in [0.05, 0.1) is 11.4 Å². The van der Waals surface area contributed by atoms with Gasteiger partial charge in [0.1, 0.15) is 6.04 Å². The van der Waals surface area contributed by atoms with E-state index in [1.807, 2.05) is 29.2 Å². The third-order valence-electron chi connectivity index (χ3n) is 7.06. The van der Waals surface area contributed by atoms with Crippen LogP contribution in [0.1, 0.15) is 32.1 Å². The maximum absolute atomic E-state index is 13.3. The van der Waals surface area contributed by atoms with Crippen LogP contribution in [0.15, 0.2) is 53.3 Å². The number of nitrogens with zero attached hydrogens (tertiary/aromatic N) is 3. The van der Waals surface area contributed by atoms with Gasteiger partial charge in [0.25, 0.3) is 0 Å². The Balaban J connectivity index is 1.41. The highest BCUT2D eigenvalue weighted by Crippen LogP contribution is 2.32. The lowest BCUT2D eigenvalue weighted by atomic mass is 10.0. The number of amides is 2. The zero-order valence-corrected chi connectivity index (χ0v) is 21.4. The summed E-state index contributed by atoms with van der Waals surface area (Å²) in [5.74, 6) is -0.0442. The van der Waals surface area contributed by atoms with Gasteiger partial charge in [0.2, 0.25) is 11.8 Å². The van der Waals surface area contributed by atoms with Crippen LogP contribution in [0.25, 0.3) is 22.5 Å². The Morgan fingerprint density at radius 2 is 1.47 bits per heavy atom. The van der Waals surface area contributed by atoms with Crippen molar-refractivity contribution in [3.63, 3.8) is 0 Å². The first kappa shape index (κ1) is 24.7. The lowest BCUT2D eigenvalue weighted by Crippen LogP contribution is -2.47. The molecule has 2 aliphatic rings. The first-order valence-corrected chi connectivity index (χ1v) is 13.1. The third-order valence-corrected chi connectivity index (χ3v) is 7.56. The quantitative estimate of drug-likeness (QED) is 0.500. The Bertz CT molecular complexity index is 1310. The summed E-state index contributed by atoms with van der Waals surface area (Å²) in [6.45, 7) is 2.31. The van der Waals surface area contributed by atoms with Gasteiger partial charge >= 0.3 is 5.69 Å². The molecule has 9 heteroatoms. The van der Waals surface area contributed by atoms with Crippen molar-refractivity contribution in [3.8, 4) is 22.5 Å². The van der Waals surface area contributed by atoms with Gasteiger partial charge in [-0.25, -0.2) is 4.79 Å². The predicted octanol–water partition coefficient (Wildman–Crippen LogP) is 4.82. The van der Waals surface area contributed by atoms with Gasteiger partial charge in [-0.2, -0.15) is 0 Å². The van der Waals surface area contributed by atoms with Crippen molar-refractivity contribution in [1.82, 2.24) is 19.4 Å². The van der Waals surface area contributed by atoms with Gasteiger partial charge in [0.15, 0.2) is 0 Å². The molecule has 2 aliphatic heterocycles. The van der Waals surface area contributed by atoms with Crippen LogP contribution in [0.4, 0.5) is 0 Å². The molecule has 2 amide bonds. The van der Waals surface area contributed by atoms with Gasteiger partial charge < -0.3 is 14.8 Å². The van der Waals surface area contributed by atoms with Crippen LogP contribution in [0.5, 0.6) is 0 Å². The molecule has 2 saturated heterocycles. The monoisotopic (exact) mass is 526 g/mol. The Kier molecular flexibility index (Phi) is 7.21. The molecule has 2 fully saturated rings. The molecule has 188 valence electrons. The molecule has 3 heterocycles. The van der Waals surface area contributed by atoms with Crippen molar-refractivity contribution in [1.29, 1.82) is 0 Å². The summed E-state index contributed by atoms with van der Waals surface area (Å²) in [5, 5.41) is 1.19. The fraction of sp³-hybridized carbons (Fsp3) is 0.370. The predicted molar refractivity (Wildman–Crippen MR) is 141 cm³/mol. The molecule has 1 aromatic heterocycles. The van der Waals surface area contributed by atoms with Crippen LogP contribution in [0, 0.1) is 0 Å². The number of hydrogen-bond acceptors (Lipinski definition) is 3. The Morgan fingerprint density at radius 1 is 0.861 bits per heavy atom. The van der Waals surface area contributed by atoms with Gasteiger partial charge in [-0.05, 0) is 49.9 Å². The standard InChI is InChI=1S/C27H28Cl2N4O3/c28-20-9-5-18(6-10-20)24-25(19-7-11-21(29)12-8-19)33(27(36)30-24)17-13-23(34)32-16-3-4-22(32)26(35)31-14-1-2-15-31/h5-12,22H,1-4,13-17H2,(H,30,36)/t22-/m0/s1. The number of nitrogens with one attached hydrogen (secondary N) is 1. The average molecular weight is 527 g/mol. The van der Waals surface area contributed by atoms with E-state index in [0.29, 0.717) is 34.4 Å². The van der Waals surface area contributed by atoms with E-state index < -0.39 is 0 Å². The highest BCUT2D eigenvalue weighted by Gasteiger charge is 2.37. The second kappa shape index (κ2) is 10.5. The van der Waals surface area contributed by atoms with E-state index in [0.717, 1.165) is 43.5 Å². The fourth-order valence-electron chi connectivity index (χ4n) is 5.24. The van der Waals surface area contributed by atoms with E-state index in [-0.39, 0.29) is 36.5 Å². The summed E-state index contributed by atoms with van der Waals surface area (Å²) < 4.78 is 1.60. The van der Waals surface area contributed by atoms with Crippen LogP contribution in [-0.4, -0.2) is 56.8 Å². The fourth-order valence-corrected chi connectivity index (χ4v) is 5.49. The van der Waals surface area contributed by atoms with Crippen LogP contribution in [0.3, 0.4) is 0 Å². The van der Waals surface area contributed by atoms with Gasteiger partial charge in [0, 0.05) is 53.8 Å².